The third-order valence-electron chi connectivity index (χ3n) is 4.80. The van der Waals surface area contributed by atoms with E-state index in [-0.39, 0.29) is 13.2 Å². The van der Waals surface area contributed by atoms with Crippen molar-refractivity contribution in [2.75, 3.05) is 13.2 Å². The number of carbonyl (C=O) groups is 1. The van der Waals surface area contributed by atoms with Crippen LogP contribution in [0.25, 0.3) is 41.6 Å². The second-order valence-corrected chi connectivity index (χ2v) is 8.97. The minimum atomic E-state index is -0.469. The Hall–Kier alpha value is -3.55. The lowest BCUT2D eigenvalue weighted by Crippen LogP contribution is -2.10. The van der Waals surface area contributed by atoms with Crippen LogP contribution in [-0.2, 0) is 9.53 Å². The minimum Gasteiger partial charge on any atom is -0.489 e. The van der Waals surface area contributed by atoms with Crippen molar-refractivity contribution in [3.8, 4) is 26.9 Å². The Balaban J connectivity index is 1.51. The van der Waals surface area contributed by atoms with Gasteiger partial charge in [-0.05, 0) is 36.4 Å². The largest absolute Gasteiger partial charge is 0.489 e. The summed E-state index contributed by atoms with van der Waals surface area (Å²) in [4.78, 5) is 20.9. The van der Waals surface area contributed by atoms with Crippen LogP contribution in [-0.4, -0.2) is 29.2 Å². The number of thiazole rings is 2. The number of hydrogen-bond acceptors (Lipinski definition) is 7. The van der Waals surface area contributed by atoms with Gasteiger partial charge < -0.3 is 9.47 Å². The van der Waals surface area contributed by atoms with Gasteiger partial charge in [-0.2, -0.15) is 0 Å². The van der Waals surface area contributed by atoms with Crippen LogP contribution in [0.2, 0.25) is 0 Å². The van der Waals surface area contributed by atoms with Gasteiger partial charge in [-0.1, -0.05) is 36.9 Å². The van der Waals surface area contributed by atoms with Crippen molar-refractivity contribution in [3.05, 3.63) is 79.4 Å². The van der Waals surface area contributed by atoms with E-state index in [0.717, 1.165) is 47.7 Å². The Kier molecular flexibility index (Phi) is 5.66. The van der Waals surface area contributed by atoms with E-state index in [1.165, 1.54) is 0 Å². The molecule has 7 heteroatoms. The molecule has 0 aliphatic heterocycles. The molecular weight excluding hydrogens is 440 g/mol. The first-order chi connectivity index (χ1) is 15.7. The maximum atomic E-state index is 11.3. The summed E-state index contributed by atoms with van der Waals surface area (Å²) in [6.45, 7) is 3.76. The normalized spacial score (nSPS) is 11.0. The van der Waals surface area contributed by atoms with Gasteiger partial charge in [0.2, 0.25) is 0 Å². The van der Waals surface area contributed by atoms with E-state index in [0.29, 0.717) is 5.75 Å². The number of nitrogens with zero attached hydrogens (tertiary/aromatic N) is 2. The number of carbonyl (C=O) groups excluding carboxylic acids is 1. The first-order valence-corrected chi connectivity index (χ1v) is 11.6. The molecule has 0 atom stereocenters. The molecule has 158 valence electrons. The molecule has 5 aromatic rings. The molecule has 0 aliphatic rings. The monoisotopic (exact) mass is 458 g/mol. The van der Waals surface area contributed by atoms with Crippen LogP contribution < -0.4 is 4.74 Å². The van der Waals surface area contributed by atoms with Crippen molar-refractivity contribution in [3.63, 3.8) is 0 Å². The minimum absolute atomic E-state index is 0.134. The molecular formula is C25H18N2O3S2. The Morgan fingerprint density at radius 1 is 0.875 bits per heavy atom. The van der Waals surface area contributed by atoms with Gasteiger partial charge in [0, 0.05) is 11.6 Å². The fraction of sp³-hybridized carbons (Fsp3) is 0.0800. The average Bonchev–Trinajstić information content (AvgIpc) is 3.45. The van der Waals surface area contributed by atoms with E-state index in [4.69, 9.17) is 19.4 Å². The topological polar surface area (TPSA) is 61.3 Å². The van der Waals surface area contributed by atoms with E-state index in [9.17, 15) is 4.79 Å². The molecule has 5 rings (SSSR count). The Morgan fingerprint density at radius 3 is 2.22 bits per heavy atom. The molecule has 0 bridgehead atoms. The summed E-state index contributed by atoms with van der Waals surface area (Å²) in [6.07, 6.45) is 1.14. The van der Waals surface area contributed by atoms with E-state index < -0.39 is 5.97 Å². The lowest BCUT2D eigenvalue weighted by Gasteiger charge is -2.11. The van der Waals surface area contributed by atoms with Crippen molar-refractivity contribution in [2.45, 2.75) is 0 Å². The molecule has 0 unspecified atom stereocenters. The van der Waals surface area contributed by atoms with Crippen LogP contribution >= 0.6 is 22.7 Å². The van der Waals surface area contributed by atoms with Crippen molar-refractivity contribution in [1.29, 1.82) is 0 Å². The highest BCUT2D eigenvalue weighted by molar-refractivity contribution is 7.22. The first kappa shape index (κ1) is 20.4. The zero-order valence-corrected chi connectivity index (χ0v) is 18.6. The summed E-state index contributed by atoms with van der Waals surface area (Å²) in [6, 6.07) is 22.2. The fourth-order valence-electron chi connectivity index (χ4n) is 3.29. The van der Waals surface area contributed by atoms with E-state index in [1.807, 2.05) is 54.6 Å². The second-order valence-electron chi connectivity index (χ2n) is 6.90. The maximum Gasteiger partial charge on any atom is 0.330 e. The zero-order chi connectivity index (χ0) is 21.9. The van der Waals surface area contributed by atoms with E-state index in [2.05, 4.69) is 18.7 Å². The average molecular weight is 459 g/mol. The van der Waals surface area contributed by atoms with Gasteiger partial charge in [0.1, 0.15) is 29.0 Å². The molecule has 2 heterocycles. The first-order valence-electron chi connectivity index (χ1n) is 9.99. The van der Waals surface area contributed by atoms with Crippen LogP contribution in [0.15, 0.2) is 79.4 Å². The summed E-state index contributed by atoms with van der Waals surface area (Å²) >= 11 is 3.25. The lowest BCUT2D eigenvalue weighted by molar-refractivity contribution is -0.138. The predicted molar refractivity (Wildman–Crippen MR) is 130 cm³/mol. The summed E-state index contributed by atoms with van der Waals surface area (Å²) < 4.78 is 13.4. The summed E-state index contributed by atoms with van der Waals surface area (Å²) in [5, 5.41) is 1.80. The van der Waals surface area contributed by atoms with Gasteiger partial charge in [0.15, 0.2) is 0 Å². The Bertz CT molecular complexity index is 1370. The predicted octanol–water partition coefficient (Wildman–Crippen LogP) is 6.35. The number of fused-ring (bicyclic) bond motifs is 2. The third kappa shape index (κ3) is 4.12. The van der Waals surface area contributed by atoms with Crippen LogP contribution in [0.5, 0.6) is 5.75 Å². The highest BCUT2D eigenvalue weighted by Crippen LogP contribution is 2.39. The number of aromatic nitrogens is 2. The molecule has 0 saturated carbocycles. The van der Waals surface area contributed by atoms with Gasteiger partial charge in [-0.25, -0.2) is 14.8 Å². The number of hydrogen-bond donors (Lipinski definition) is 0. The van der Waals surface area contributed by atoms with Crippen molar-refractivity contribution < 1.29 is 14.3 Å². The van der Waals surface area contributed by atoms with Gasteiger partial charge in [-0.3, -0.25) is 0 Å². The van der Waals surface area contributed by atoms with Gasteiger partial charge in [-0.15, -0.1) is 22.7 Å². The number of rotatable bonds is 7. The number of ether oxygens (including phenoxy) is 2. The molecule has 0 fully saturated rings. The summed E-state index contributed by atoms with van der Waals surface area (Å²) in [5.41, 5.74) is 3.79. The van der Waals surface area contributed by atoms with Gasteiger partial charge in [0.05, 0.1) is 26.0 Å². The van der Waals surface area contributed by atoms with Crippen LogP contribution in [0.4, 0.5) is 0 Å². The standard InChI is InChI=1S/C25H18N2O3S2/c1-2-23(28)30-14-13-29-20-15-16(24-26-18-7-3-5-9-21(18)31-24)11-12-17(20)25-27-19-8-4-6-10-22(19)32-25/h2-12,15H,1,13-14H2. The second kappa shape index (κ2) is 8.90. The van der Waals surface area contributed by atoms with Gasteiger partial charge in [0.25, 0.3) is 0 Å². The molecule has 5 nitrogen and oxygen atoms in total. The third-order valence-corrected chi connectivity index (χ3v) is 6.95. The van der Waals surface area contributed by atoms with Crippen LogP contribution in [0.3, 0.4) is 0 Å². The summed E-state index contributed by atoms with van der Waals surface area (Å²) in [5.74, 6) is 0.207. The van der Waals surface area contributed by atoms with Crippen LogP contribution in [0.1, 0.15) is 0 Å². The fourth-order valence-corrected chi connectivity index (χ4v) is 5.25. The highest BCUT2D eigenvalue weighted by Gasteiger charge is 2.15. The molecule has 32 heavy (non-hydrogen) atoms. The van der Waals surface area contributed by atoms with Crippen molar-refractivity contribution in [1.82, 2.24) is 9.97 Å². The maximum absolute atomic E-state index is 11.3. The van der Waals surface area contributed by atoms with Crippen LogP contribution in [0, 0.1) is 0 Å². The quantitative estimate of drug-likeness (QED) is 0.162. The number of para-hydroxylation sites is 2. The molecule has 0 spiro atoms. The molecule has 0 saturated heterocycles. The molecule has 0 N–H and O–H groups in total. The Morgan fingerprint density at radius 2 is 1.53 bits per heavy atom. The molecule has 0 radical (unpaired) electrons. The van der Waals surface area contributed by atoms with Gasteiger partial charge >= 0.3 is 5.97 Å². The number of benzene rings is 3. The summed E-state index contributed by atoms with van der Waals surface area (Å²) in [7, 11) is 0. The SMILES string of the molecule is C=CC(=O)OCCOc1cc(-c2nc3ccccc3s2)ccc1-c1nc2ccccc2s1. The van der Waals surface area contributed by atoms with E-state index in [1.54, 1.807) is 22.7 Å². The molecule has 0 aliphatic carbocycles. The lowest BCUT2D eigenvalue weighted by atomic mass is 10.1. The number of esters is 1. The zero-order valence-electron chi connectivity index (χ0n) is 17.0. The van der Waals surface area contributed by atoms with E-state index >= 15 is 0 Å². The molecule has 2 aromatic heterocycles. The Labute approximate surface area is 192 Å². The highest BCUT2D eigenvalue weighted by atomic mass is 32.1. The van der Waals surface area contributed by atoms with Crippen molar-refractivity contribution in [2.24, 2.45) is 0 Å². The smallest absolute Gasteiger partial charge is 0.330 e. The van der Waals surface area contributed by atoms with Crippen molar-refractivity contribution >= 4 is 49.1 Å². The molecule has 0 amide bonds. The molecule has 3 aromatic carbocycles.